The molecule has 0 aliphatic rings. The molecular weight excluding hydrogens is 379 g/mol. The van der Waals surface area contributed by atoms with Gasteiger partial charge in [0.25, 0.3) is 0 Å². The molecule has 0 bridgehead atoms. The first kappa shape index (κ1) is 23.2. The third-order valence-corrected chi connectivity index (χ3v) is 5.28. The topological polar surface area (TPSA) is 15.3 Å². The Hall–Kier alpha value is -2.04. The van der Waals surface area contributed by atoms with Gasteiger partial charge in [-0.15, -0.1) is 0 Å². The molecule has 4 heteroatoms. The van der Waals surface area contributed by atoms with Crippen LogP contribution < -0.4 is 4.83 Å². The molecule has 0 amide bonds. The van der Waals surface area contributed by atoms with Crippen molar-refractivity contribution in [2.75, 3.05) is 13.3 Å². The average molecular weight is 413 g/mol. The van der Waals surface area contributed by atoms with Crippen LogP contribution in [-0.2, 0) is 6.42 Å². The largest absolute Gasteiger partial charge is 0.306 e. The Morgan fingerprint density at radius 1 is 1.10 bits per heavy atom. The molecular formula is C25H33FN2S. The average Bonchev–Trinajstić information content (AvgIpc) is 2.70. The summed E-state index contributed by atoms with van der Waals surface area (Å²) in [7, 11) is 2.07. The lowest BCUT2D eigenvalue weighted by molar-refractivity contribution is 0.372. The van der Waals surface area contributed by atoms with Crippen LogP contribution in [0.15, 0.2) is 72.5 Å². The maximum atomic E-state index is 13.5. The van der Waals surface area contributed by atoms with E-state index in [4.69, 9.17) is 0 Å². The predicted octanol–water partition coefficient (Wildman–Crippen LogP) is 7.16. The quantitative estimate of drug-likeness (QED) is 0.172. The van der Waals surface area contributed by atoms with Crippen LogP contribution in [0.25, 0.3) is 11.1 Å². The zero-order chi connectivity index (χ0) is 21.1. The second-order valence-electron chi connectivity index (χ2n) is 7.48. The Labute approximate surface area is 180 Å². The molecule has 0 aliphatic carbocycles. The van der Waals surface area contributed by atoms with Gasteiger partial charge in [0.2, 0.25) is 0 Å². The molecule has 0 aliphatic heterocycles. The third-order valence-electron chi connectivity index (χ3n) is 4.83. The number of aryl methyl sites for hydroxylation is 1. The van der Waals surface area contributed by atoms with Gasteiger partial charge in [-0.1, -0.05) is 73.0 Å². The van der Waals surface area contributed by atoms with Crippen LogP contribution in [-0.4, -0.2) is 18.3 Å². The molecule has 0 atom stereocenters. The van der Waals surface area contributed by atoms with Crippen LogP contribution in [0.3, 0.4) is 0 Å². The van der Waals surface area contributed by atoms with Crippen LogP contribution in [0.1, 0.15) is 44.6 Å². The Morgan fingerprint density at radius 3 is 2.52 bits per heavy atom. The molecule has 0 saturated carbocycles. The molecule has 0 unspecified atom stereocenters. The van der Waals surface area contributed by atoms with Crippen molar-refractivity contribution in [3.8, 4) is 11.1 Å². The number of halogens is 1. The second kappa shape index (κ2) is 12.5. The van der Waals surface area contributed by atoms with Crippen LogP contribution in [0.5, 0.6) is 0 Å². The fourth-order valence-electron chi connectivity index (χ4n) is 3.28. The number of unbranched alkanes of at least 4 members (excludes halogenated alkanes) is 2. The highest BCUT2D eigenvalue weighted by Gasteiger charge is 2.05. The molecule has 0 radical (unpaired) electrons. The van der Waals surface area contributed by atoms with Gasteiger partial charge >= 0.3 is 0 Å². The minimum Gasteiger partial charge on any atom is -0.306 e. The van der Waals surface area contributed by atoms with Gasteiger partial charge in [0.1, 0.15) is 5.82 Å². The smallest absolute Gasteiger partial charge is 0.123 e. The zero-order valence-electron chi connectivity index (χ0n) is 17.9. The Morgan fingerprint density at radius 2 is 1.83 bits per heavy atom. The summed E-state index contributed by atoms with van der Waals surface area (Å²) in [5, 5.41) is 2.11. The van der Waals surface area contributed by atoms with Crippen LogP contribution in [0.4, 0.5) is 4.39 Å². The molecule has 0 aromatic heterocycles. The van der Waals surface area contributed by atoms with Gasteiger partial charge in [0.15, 0.2) is 0 Å². The van der Waals surface area contributed by atoms with Crippen LogP contribution in [0.2, 0.25) is 0 Å². The number of nitrogens with one attached hydrogen (secondary N) is 1. The van der Waals surface area contributed by atoms with Crippen molar-refractivity contribution in [1.29, 1.82) is 0 Å². The molecule has 0 heterocycles. The molecule has 2 nitrogen and oxygen atoms in total. The highest BCUT2D eigenvalue weighted by Crippen LogP contribution is 2.22. The van der Waals surface area contributed by atoms with E-state index >= 15 is 0 Å². The molecule has 2 rings (SSSR count). The van der Waals surface area contributed by atoms with E-state index in [1.807, 2.05) is 18.4 Å². The number of nitrogens with zero attached hydrogens (tertiary/aromatic N) is 1. The Bertz CT molecular complexity index is 816. The van der Waals surface area contributed by atoms with Crippen molar-refractivity contribution in [3.63, 3.8) is 0 Å². The summed E-state index contributed by atoms with van der Waals surface area (Å²) >= 11 is 1.60. The van der Waals surface area contributed by atoms with E-state index in [0.29, 0.717) is 0 Å². The fraction of sp³-hybridized carbons (Fsp3) is 0.360. The standard InChI is InChI=1S/C25H33FN2S/c1-20(2)16-17-25(28(3)27-29-4)15-7-5-6-10-21-11-8-12-22(18-21)23-13-9-14-24(26)19-23/h8-9,11-14,17-19,27H,1,5-7,10,15-16H2,2-4H3/b25-17-. The lowest BCUT2D eigenvalue weighted by Crippen LogP contribution is -2.27. The normalized spacial score (nSPS) is 11.5. The number of rotatable bonds is 12. The summed E-state index contributed by atoms with van der Waals surface area (Å²) in [5.41, 5.74) is 5.82. The molecule has 2 aromatic rings. The number of hydrogen-bond donors (Lipinski definition) is 1. The minimum atomic E-state index is -0.190. The van der Waals surface area contributed by atoms with Gasteiger partial charge in [-0.05, 0) is 74.1 Å². The molecule has 2 aromatic carbocycles. The summed E-state index contributed by atoms with van der Waals surface area (Å²) in [4.78, 5) is 3.29. The van der Waals surface area contributed by atoms with Gasteiger partial charge in [-0.2, -0.15) is 4.83 Å². The SMILES string of the molecule is C=C(C)C/C=C(/CCCCCc1cccc(-c2cccc(F)c2)c1)N(C)NSC. The van der Waals surface area contributed by atoms with E-state index in [9.17, 15) is 4.39 Å². The van der Waals surface area contributed by atoms with E-state index in [-0.39, 0.29) is 5.82 Å². The first-order valence-electron chi connectivity index (χ1n) is 10.2. The molecule has 0 fully saturated rings. The van der Waals surface area contributed by atoms with Crippen molar-refractivity contribution >= 4 is 11.9 Å². The number of allylic oxidation sites excluding steroid dienone is 3. The first-order valence-corrected chi connectivity index (χ1v) is 11.4. The van der Waals surface area contributed by atoms with Gasteiger partial charge in [0.05, 0.1) is 0 Å². The van der Waals surface area contributed by atoms with Crippen LogP contribution in [0, 0.1) is 5.82 Å². The van der Waals surface area contributed by atoms with Crippen LogP contribution >= 0.6 is 11.9 Å². The zero-order valence-corrected chi connectivity index (χ0v) is 18.7. The highest BCUT2D eigenvalue weighted by molar-refractivity contribution is 7.96. The molecule has 1 N–H and O–H groups in total. The Balaban J connectivity index is 1.84. The van der Waals surface area contributed by atoms with Gasteiger partial charge in [-0.25, -0.2) is 4.39 Å². The van der Waals surface area contributed by atoms with Crippen molar-refractivity contribution in [3.05, 3.63) is 83.8 Å². The molecule has 0 saturated heterocycles. The lowest BCUT2D eigenvalue weighted by atomic mass is 9.99. The number of hydrogen-bond acceptors (Lipinski definition) is 3. The summed E-state index contributed by atoms with van der Waals surface area (Å²) in [6.45, 7) is 6.06. The monoisotopic (exact) mass is 412 g/mol. The van der Waals surface area contributed by atoms with Gasteiger partial charge in [0, 0.05) is 12.7 Å². The predicted molar refractivity (Wildman–Crippen MR) is 126 cm³/mol. The first-order chi connectivity index (χ1) is 14.0. The van der Waals surface area contributed by atoms with Gasteiger partial charge in [-0.3, -0.25) is 0 Å². The summed E-state index contributed by atoms with van der Waals surface area (Å²) in [6, 6.07) is 15.3. The third kappa shape index (κ3) is 8.46. The van der Waals surface area contributed by atoms with E-state index in [1.54, 1.807) is 24.1 Å². The maximum absolute atomic E-state index is 13.5. The molecule has 29 heavy (non-hydrogen) atoms. The van der Waals surface area contributed by atoms with Crippen molar-refractivity contribution < 1.29 is 4.39 Å². The second-order valence-corrected chi connectivity index (χ2v) is 8.07. The van der Waals surface area contributed by atoms with E-state index in [1.165, 1.54) is 29.3 Å². The molecule has 0 spiro atoms. The summed E-state index contributed by atoms with van der Waals surface area (Å²) in [6.07, 6.45) is 10.8. The van der Waals surface area contributed by atoms with E-state index in [0.717, 1.165) is 43.2 Å². The summed E-state index contributed by atoms with van der Waals surface area (Å²) < 4.78 is 13.5. The maximum Gasteiger partial charge on any atom is 0.123 e. The van der Waals surface area contributed by atoms with Crippen molar-refractivity contribution in [2.45, 2.75) is 45.4 Å². The van der Waals surface area contributed by atoms with Crippen molar-refractivity contribution in [1.82, 2.24) is 9.84 Å². The number of hydrazine groups is 1. The van der Waals surface area contributed by atoms with Crippen molar-refractivity contribution in [2.24, 2.45) is 0 Å². The fourth-order valence-corrected chi connectivity index (χ4v) is 3.67. The molecule has 156 valence electrons. The minimum absolute atomic E-state index is 0.190. The number of benzene rings is 2. The van der Waals surface area contributed by atoms with Gasteiger partial charge < -0.3 is 5.01 Å². The Kier molecular flexibility index (Phi) is 10.0. The lowest BCUT2D eigenvalue weighted by Gasteiger charge is -2.22. The van der Waals surface area contributed by atoms with E-state index in [2.05, 4.69) is 54.7 Å². The van der Waals surface area contributed by atoms with E-state index < -0.39 is 0 Å². The summed E-state index contributed by atoms with van der Waals surface area (Å²) in [5.74, 6) is -0.190. The highest BCUT2D eigenvalue weighted by atomic mass is 32.2.